The van der Waals surface area contributed by atoms with E-state index in [2.05, 4.69) is 35.2 Å². The molecule has 0 amide bonds. The number of likely N-dealkylation sites (tertiary alicyclic amines) is 1. The van der Waals surface area contributed by atoms with Crippen molar-refractivity contribution in [2.75, 3.05) is 26.2 Å². The number of nitrogens with zero attached hydrogens (tertiary/aromatic N) is 1. The number of hydrogen-bond donors (Lipinski definition) is 0. The van der Waals surface area contributed by atoms with Gasteiger partial charge in [0.05, 0.1) is 12.5 Å². The Morgan fingerprint density at radius 1 is 1.25 bits per heavy atom. The van der Waals surface area contributed by atoms with Crippen molar-refractivity contribution >= 4 is 5.97 Å². The maximum absolute atomic E-state index is 11.7. The van der Waals surface area contributed by atoms with Crippen LogP contribution in [-0.2, 0) is 16.0 Å². The van der Waals surface area contributed by atoms with Gasteiger partial charge in [-0.1, -0.05) is 30.3 Å². The Morgan fingerprint density at radius 3 is 2.60 bits per heavy atom. The third-order valence-corrected chi connectivity index (χ3v) is 3.99. The van der Waals surface area contributed by atoms with E-state index in [1.54, 1.807) is 0 Å². The van der Waals surface area contributed by atoms with Gasteiger partial charge in [0.15, 0.2) is 0 Å². The molecule has 20 heavy (non-hydrogen) atoms. The van der Waals surface area contributed by atoms with E-state index in [9.17, 15) is 4.79 Å². The lowest BCUT2D eigenvalue weighted by Gasteiger charge is -2.30. The molecule has 0 unspecified atom stereocenters. The van der Waals surface area contributed by atoms with Gasteiger partial charge in [-0.25, -0.2) is 0 Å². The van der Waals surface area contributed by atoms with Crippen molar-refractivity contribution in [1.29, 1.82) is 0 Å². The molecule has 110 valence electrons. The lowest BCUT2D eigenvalue weighted by molar-refractivity contribution is -0.149. The van der Waals surface area contributed by atoms with E-state index in [0.717, 1.165) is 38.9 Å². The van der Waals surface area contributed by atoms with Gasteiger partial charge in [0.2, 0.25) is 0 Å². The SMILES string of the molecule is CCOC(=O)C1CCN(CCCc2ccccc2)CC1. The molecule has 2 rings (SSSR count). The van der Waals surface area contributed by atoms with E-state index < -0.39 is 0 Å². The summed E-state index contributed by atoms with van der Waals surface area (Å²) in [5.74, 6) is 0.122. The Balaban J connectivity index is 1.63. The summed E-state index contributed by atoms with van der Waals surface area (Å²) in [7, 11) is 0. The maximum Gasteiger partial charge on any atom is 0.309 e. The fourth-order valence-electron chi connectivity index (χ4n) is 2.80. The van der Waals surface area contributed by atoms with E-state index in [-0.39, 0.29) is 11.9 Å². The number of carbonyl (C=O) groups is 1. The molecule has 0 N–H and O–H groups in total. The van der Waals surface area contributed by atoms with Gasteiger partial charge < -0.3 is 9.64 Å². The first-order chi connectivity index (χ1) is 9.79. The molecule has 0 radical (unpaired) electrons. The Morgan fingerprint density at radius 2 is 1.95 bits per heavy atom. The van der Waals surface area contributed by atoms with Crippen molar-refractivity contribution in [2.24, 2.45) is 5.92 Å². The summed E-state index contributed by atoms with van der Waals surface area (Å²) in [6, 6.07) is 10.6. The second-order valence-corrected chi connectivity index (χ2v) is 5.46. The highest BCUT2D eigenvalue weighted by atomic mass is 16.5. The lowest BCUT2D eigenvalue weighted by atomic mass is 9.96. The van der Waals surface area contributed by atoms with Gasteiger partial charge in [0.1, 0.15) is 0 Å². The van der Waals surface area contributed by atoms with Crippen molar-refractivity contribution < 1.29 is 9.53 Å². The zero-order chi connectivity index (χ0) is 14.2. The first-order valence-electron chi connectivity index (χ1n) is 7.72. The summed E-state index contributed by atoms with van der Waals surface area (Å²) in [4.78, 5) is 14.1. The average Bonchev–Trinajstić information content (AvgIpc) is 2.49. The monoisotopic (exact) mass is 275 g/mol. The third-order valence-electron chi connectivity index (χ3n) is 3.99. The molecular formula is C17H25NO2. The van der Waals surface area contributed by atoms with Gasteiger partial charge in [-0.3, -0.25) is 4.79 Å². The summed E-state index contributed by atoms with van der Waals surface area (Å²) in [5.41, 5.74) is 1.41. The second kappa shape index (κ2) is 8.05. The number of aryl methyl sites for hydroxylation is 1. The molecule has 0 saturated carbocycles. The summed E-state index contributed by atoms with van der Waals surface area (Å²) in [6.45, 7) is 5.55. The van der Waals surface area contributed by atoms with Gasteiger partial charge in [-0.05, 0) is 57.8 Å². The van der Waals surface area contributed by atoms with Crippen LogP contribution in [0.2, 0.25) is 0 Å². The molecule has 0 aromatic heterocycles. The van der Waals surface area contributed by atoms with Crippen LogP contribution in [0, 0.1) is 5.92 Å². The zero-order valence-electron chi connectivity index (χ0n) is 12.4. The molecule has 0 spiro atoms. The Kier molecular flexibility index (Phi) is 6.06. The van der Waals surface area contributed by atoms with Crippen LogP contribution in [-0.4, -0.2) is 37.1 Å². The van der Waals surface area contributed by atoms with Crippen molar-refractivity contribution in [2.45, 2.75) is 32.6 Å². The van der Waals surface area contributed by atoms with Crippen LogP contribution in [0.4, 0.5) is 0 Å². The molecule has 0 aliphatic carbocycles. The van der Waals surface area contributed by atoms with Crippen molar-refractivity contribution in [1.82, 2.24) is 4.90 Å². The largest absolute Gasteiger partial charge is 0.466 e. The number of piperidine rings is 1. The lowest BCUT2D eigenvalue weighted by Crippen LogP contribution is -2.37. The summed E-state index contributed by atoms with van der Waals surface area (Å²) in [5, 5.41) is 0. The number of carbonyl (C=O) groups excluding carboxylic acids is 1. The molecule has 1 aromatic rings. The fraction of sp³-hybridized carbons (Fsp3) is 0.588. The topological polar surface area (TPSA) is 29.5 Å². The molecule has 1 aromatic carbocycles. The first-order valence-corrected chi connectivity index (χ1v) is 7.72. The van der Waals surface area contributed by atoms with E-state index in [4.69, 9.17) is 4.74 Å². The molecule has 1 fully saturated rings. The van der Waals surface area contributed by atoms with Gasteiger partial charge in [-0.15, -0.1) is 0 Å². The molecule has 1 aliphatic rings. The van der Waals surface area contributed by atoms with Crippen LogP contribution in [0.5, 0.6) is 0 Å². The highest BCUT2D eigenvalue weighted by molar-refractivity contribution is 5.72. The van der Waals surface area contributed by atoms with Crippen LogP contribution < -0.4 is 0 Å². The van der Waals surface area contributed by atoms with Crippen molar-refractivity contribution in [3.8, 4) is 0 Å². The predicted molar refractivity (Wildman–Crippen MR) is 80.6 cm³/mol. The van der Waals surface area contributed by atoms with Gasteiger partial charge in [-0.2, -0.15) is 0 Å². The molecule has 1 heterocycles. The minimum atomic E-state index is -0.00330. The van der Waals surface area contributed by atoms with Gasteiger partial charge in [0.25, 0.3) is 0 Å². The van der Waals surface area contributed by atoms with Gasteiger partial charge >= 0.3 is 5.97 Å². The summed E-state index contributed by atoms with van der Waals surface area (Å²) in [6.07, 6.45) is 4.22. The van der Waals surface area contributed by atoms with E-state index in [1.807, 2.05) is 6.92 Å². The van der Waals surface area contributed by atoms with Crippen LogP contribution in [0.15, 0.2) is 30.3 Å². The number of ether oxygens (including phenoxy) is 1. The number of hydrogen-bond acceptors (Lipinski definition) is 3. The van der Waals surface area contributed by atoms with E-state index >= 15 is 0 Å². The molecule has 0 bridgehead atoms. The highest BCUT2D eigenvalue weighted by Crippen LogP contribution is 2.19. The van der Waals surface area contributed by atoms with Crippen molar-refractivity contribution in [3.05, 3.63) is 35.9 Å². The van der Waals surface area contributed by atoms with Crippen LogP contribution in [0.1, 0.15) is 31.7 Å². The summed E-state index contributed by atoms with van der Waals surface area (Å²) < 4.78 is 5.10. The van der Waals surface area contributed by atoms with Gasteiger partial charge in [0, 0.05) is 0 Å². The zero-order valence-corrected chi connectivity index (χ0v) is 12.4. The third kappa shape index (κ3) is 4.64. The smallest absolute Gasteiger partial charge is 0.309 e. The summed E-state index contributed by atoms with van der Waals surface area (Å²) >= 11 is 0. The average molecular weight is 275 g/mol. The standard InChI is InChI=1S/C17H25NO2/c1-2-20-17(19)16-10-13-18(14-11-16)12-6-9-15-7-4-3-5-8-15/h3-5,7-8,16H,2,6,9-14H2,1H3. The van der Waals surface area contributed by atoms with Crippen LogP contribution >= 0.6 is 0 Å². The molecule has 1 aliphatic heterocycles. The number of esters is 1. The molecule has 0 atom stereocenters. The first kappa shape index (κ1) is 15.0. The Bertz CT molecular complexity index is 397. The minimum absolute atomic E-state index is 0.00330. The van der Waals surface area contributed by atoms with Crippen LogP contribution in [0.25, 0.3) is 0 Å². The van der Waals surface area contributed by atoms with E-state index in [0.29, 0.717) is 6.61 Å². The minimum Gasteiger partial charge on any atom is -0.466 e. The fourth-order valence-corrected chi connectivity index (χ4v) is 2.80. The normalized spacial score (nSPS) is 17.1. The predicted octanol–water partition coefficient (Wildman–Crippen LogP) is 2.89. The van der Waals surface area contributed by atoms with Crippen LogP contribution in [0.3, 0.4) is 0 Å². The maximum atomic E-state index is 11.7. The Labute approximate surface area is 121 Å². The number of benzene rings is 1. The highest BCUT2D eigenvalue weighted by Gasteiger charge is 2.25. The van der Waals surface area contributed by atoms with Crippen molar-refractivity contribution in [3.63, 3.8) is 0 Å². The Hall–Kier alpha value is -1.35. The molecule has 3 nitrogen and oxygen atoms in total. The number of rotatable bonds is 6. The van der Waals surface area contributed by atoms with E-state index in [1.165, 1.54) is 12.0 Å². The quantitative estimate of drug-likeness (QED) is 0.748. The molecule has 3 heteroatoms. The second-order valence-electron chi connectivity index (χ2n) is 5.46. The molecular weight excluding hydrogens is 250 g/mol. The molecule has 1 saturated heterocycles.